The van der Waals surface area contributed by atoms with Crippen LogP contribution < -0.4 is 0 Å². The van der Waals surface area contributed by atoms with Crippen LogP contribution >= 0.6 is 0 Å². The lowest BCUT2D eigenvalue weighted by Crippen LogP contribution is -2.26. The molecule has 1 saturated heterocycles. The van der Waals surface area contributed by atoms with E-state index in [9.17, 15) is 4.79 Å². The summed E-state index contributed by atoms with van der Waals surface area (Å²) in [6.45, 7) is 3.10. The summed E-state index contributed by atoms with van der Waals surface area (Å²) < 4.78 is 0. The van der Waals surface area contributed by atoms with Crippen LogP contribution in [-0.4, -0.2) is 29.1 Å². The SMILES string of the molecule is CC(CCO)CCCC1CCN(C2=CC=C(C#N)CC#C2)C1=O. The molecule has 1 aliphatic carbocycles. The predicted molar refractivity (Wildman–Crippen MR) is 88.7 cm³/mol. The molecular weight excluding hydrogens is 288 g/mol. The molecule has 0 aromatic rings. The molecule has 23 heavy (non-hydrogen) atoms. The molecule has 122 valence electrons. The highest BCUT2D eigenvalue weighted by Gasteiger charge is 2.32. The highest BCUT2D eigenvalue weighted by Crippen LogP contribution is 2.27. The minimum Gasteiger partial charge on any atom is -0.396 e. The quantitative estimate of drug-likeness (QED) is 0.735. The molecule has 2 aliphatic rings. The zero-order valence-corrected chi connectivity index (χ0v) is 13.7. The van der Waals surface area contributed by atoms with E-state index < -0.39 is 0 Å². The largest absolute Gasteiger partial charge is 0.396 e. The normalized spacial score (nSPS) is 21.7. The first-order chi connectivity index (χ1) is 11.2. The number of allylic oxidation sites excluding steroid dienone is 4. The minimum absolute atomic E-state index is 0.0849. The fraction of sp³-hybridized carbons (Fsp3) is 0.579. The Bertz CT molecular complexity index is 601. The maximum atomic E-state index is 12.6. The summed E-state index contributed by atoms with van der Waals surface area (Å²) in [6.07, 6.45) is 8.69. The second-order valence-corrected chi connectivity index (χ2v) is 6.36. The molecule has 4 heteroatoms. The lowest BCUT2D eigenvalue weighted by Gasteiger charge is -2.16. The highest BCUT2D eigenvalue weighted by molar-refractivity contribution is 5.83. The van der Waals surface area contributed by atoms with Crippen molar-refractivity contribution >= 4 is 5.91 Å². The van der Waals surface area contributed by atoms with Crippen LogP contribution in [0.3, 0.4) is 0 Å². The van der Waals surface area contributed by atoms with E-state index in [1.807, 2.05) is 0 Å². The zero-order chi connectivity index (χ0) is 16.7. The summed E-state index contributed by atoms with van der Waals surface area (Å²) in [6, 6.07) is 2.12. The summed E-state index contributed by atoms with van der Waals surface area (Å²) in [5.74, 6) is 6.73. The van der Waals surface area contributed by atoms with Gasteiger partial charge in [-0.15, -0.1) is 0 Å². The van der Waals surface area contributed by atoms with Gasteiger partial charge >= 0.3 is 0 Å². The highest BCUT2D eigenvalue weighted by atomic mass is 16.3. The molecule has 1 aliphatic heterocycles. The third kappa shape index (κ3) is 4.71. The first-order valence-corrected chi connectivity index (χ1v) is 8.37. The number of carbonyl (C=O) groups is 1. The van der Waals surface area contributed by atoms with Gasteiger partial charge in [-0.05, 0) is 43.3 Å². The van der Waals surface area contributed by atoms with Crippen LogP contribution in [0.5, 0.6) is 0 Å². The molecule has 0 bridgehead atoms. The molecule has 2 rings (SSSR count). The maximum absolute atomic E-state index is 12.6. The van der Waals surface area contributed by atoms with Gasteiger partial charge in [0.2, 0.25) is 5.91 Å². The average Bonchev–Trinajstić information content (AvgIpc) is 2.76. The number of hydrogen-bond donors (Lipinski definition) is 1. The van der Waals surface area contributed by atoms with Gasteiger partial charge in [-0.2, -0.15) is 5.26 Å². The maximum Gasteiger partial charge on any atom is 0.230 e. The van der Waals surface area contributed by atoms with Gasteiger partial charge in [0, 0.05) is 31.1 Å². The predicted octanol–water partition coefficient (Wildman–Crippen LogP) is 2.76. The van der Waals surface area contributed by atoms with Crippen LogP contribution in [0.15, 0.2) is 23.4 Å². The van der Waals surface area contributed by atoms with Gasteiger partial charge in [-0.1, -0.05) is 25.7 Å². The number of nitriles is 1. The lowest BCUT2D eigenvalue weighted by molar-refractivity contribution is -0.129. The fourth-order valence-corrected chi connectivity index (χ4v) is 3.07. The molecular formula is C19H24N2O2. The zero-order valence-electron chi connectivity index (χ0n) is 13.7. The Labute approximate surface area is 138 Å². The van der Waals surface area contributed by atoms with Crippen molar-refractivity contribution in [2.24, 2.45) is 11.8 Å². The Balaban J connectivity index is 1.89. The van der Waals surface area contributed by atoms with Crippen LogP contribution in [0, 0.1) is 35.0 Å². The lowest BCUT2D eigenvalue weighted by atomic mass is 9.95. The van der Waals surface area contributed by atoms with Crippen molar-refractivity contribution in [1.29, 1.82) is 5.26 Å². The molecule has 1 fully saturated rings. The van der Waals surface area contributed by atoms with E-state index in [1.54, 1.807) is 17.1 Å². The van der Waals surface area contributed by atoms with Crippen molar-refractivity contribution in [1.82, 2.24) is 4.90 Å². The van der Waals surface area contributed by atoms with Crippen molar-refractivity contribution in [3.05, 3.63) is 23.4 Å². The van der Waals surface area contributed by atoms with Crippen molar-refractivity contribution in [3.63, 3.8) is 0 Å². The first-order valence-electron chi connectivity index (χ1n) is 8.37. The summed E-state index contributed by atoms with van der Waals surface area (Å²) >= 11 is 0. The standard InChI is InChI=1S/C19H24N2O2/c1-15(11-13-22)4-2-6-17-10-12-21(19(17)23)18-7-3-5-16(14-20)8-9-18/h8-9,15,17,22H,2,4-6,10-13H2,1H3. The van der Waals surface area contributed by atoms with Crippen molar-refractivity contribution in [3.8, 4) is 17.9 Å². The van der Waals surface area contributed by atoms with Gasteiger partial charge < -0.3 is 10.0 Å². The van der Waals surface area contributed by atoms with Gasteiger partial charge in [0.15, 0.2) is 0 Å². The number of rotatable bonds is 7. The Morgan fingerprint density at radius 2 is 2.30 bits per heavy atom. The second kappa shape index (κ2) is 8.56. The number of amides is 1. The summed E-state index contributed by atoms with van der Waals surface area (Å²) in [5, 5.41) is 17.9. The molecule has 0 spiro atoms. The van der Waals surface area contributed by atoms with Crippen LogP contribution in [0.25, 0.3) is 0 Å². The number of aliphatic hydroxyl groups excluding tert-OH is 1. The molecule has 0 saturated carbocycles. The average molecular weight is 312 g/mol. The number of hydrogen-bond acceptors (Lipinski definition) is 3. The number of nitrogens with zero attached hydrogens (tertiary/aromatic N) is 2. The van der Waals surface area contributed by atoms with Crippen molar-refractivity contribution in [2.75, 3.05) is 13.2 Å². The van der Waals surface area contributed by atoms with Crippen LogP contribution in [0.4, 0.5) is 0 Å². The Morgan fingerprint density at radius 3 is 3.04 bits per heavy atom. The second-order valence-electron chi connectivity index (χ2n) is 6.36. The van der Waals surface area contributed by atoms with E-state index in [1.165, 1.54) is 0 Å². The molecule has 1 N–H and O–H groups in total. The molecule has 0 aromatic heterocycles. The van der Waals surface area contributed by atoms with E-state index in [0.717, 1.165) is 37.8 Å². The van der Waals surface area contributed by atoms with Crippen LogP contribution in [0.1, 0.15) is 45.4 Å². The third-order valence-corrected chi connectivity index (χ3v) is 4.56. The first kappa shape index (κ1) is 17.3. The summed E-state index contributed by atoms with van der Waals surface area (Å²) in [5.41, 5.74) is 1.35. The van der Waals surface area contributed by atoms with Gasteiger partial charge in [0.1, 0.15) is 0 Å². The number of aliphatic hydroxyl groups is 1. The van der Waals surface area contributed by atoms with Crippen molar-refractivity contribution in [2.45, 2.75) is 45.4 Å². The molecule has 1 amide bonds. The van der Waals surface area contributed by atoms with Gasteiger partial charge in [-0.25, -0.2) is 0 Å². The molecule has 4 nitrogen and oxygen atoms in total. The monoisotopic (exact) mass is 312 g/mol. The van der Waals surface area contributed by atoms with E-state index in [-0.39, 0.29) is 18.4 Å². The third-order valence-electron chi connectivity index (χ3n) is 4.56. The molecule has 0 aromatic carbocycles. The molecule has 1 heterocycles. The number of carbonyl (C=O) groups excluding carboxylic acids is 1. The summed E-state index contributed by atoms with van der Waals surface area (Å²) in [7, 11) is 0. The van der Waals surface area contributed by atoms with Crippen LogP contribution in [-0.2, 0) is 4.79 Å². The molecule has 0 radical (unpaired) electrons. The van der Waals surface area contributed by atoms with Crippen molar-refractivity contribution < 1.29 is 9.90 Å². The van der Waals surface area contributed by atoms with E-state index in [0.29, 0.717) is 24.5 Å². The van der Waals surface area contributed by atoms with Gasteiger partial charge in [-0.3, -0.25) is 4.79 Å². The van der Waals surface area contributed by atoms with Crippen LogP contribution in [0.2, 0.25) is 0 Å². The molecule has 2 atom stereocenters. The van der Waals surface area contributed by atoms with E-state index in [4.69, 9.17) is 10.4 Å². The fourth-order valence-electron chi connectivity index (χ4n) is 3.07. The topological polar surface area (TPSA) is 64.3 Å². The van der Waals surface area contributed by atoms with Gasteiger partial charge in [0.25, 0.3) is 0 Å². The Kier molecular flexibility index (Phi) is 6.44. The number of likely N-dealkylation sites (tertiary alicyclic amines) is 1. The Hall–Kier alpha value is -2.04. The summed E-state index contributed by atoms with van der Waals surface area (Å²) in [4.78, 5) is 14.3. The van der Waals surface area contributed by atoms with E-state index in [2.05, 4.69) is 24.8 Å². The molecule has 2 unspecified atom stereocenters. The Morgan fingerprint density at radius 1 is 1.48 bits per heavy atom. The smallest absolute Gasteiger partial charge is 0.230 e. The van der Waals surface area contributed by atoms with E-state index >= 15 is 0 Å². The van der Waals surface area contributed by atoms with Gasteiger partial charge in [0.05, 0.1) is 11.8 Å². The minimum atomic E-state index is 0.0849.